The molecule has 7 heteroatoms. The van der Waals surface area contributed by atoms with Gasteiger partial charge in [-0.3, -0.25) is 10.1 Å². The summed E-state index contributed by atoms with van der Waals surface area (Å²) in [6, 6.07) is 1.50. The molecule has 0 spiro atoms. The highest BCUT2D eigenvalue weighted by molar-refractivity contribution is 6.02. The summed E-state index contributed by atoms with van der Waals surface area (Å²) < 4.78 is 10.5. The molecule has 2 aromatic heterocycles. The first kappa shape index (κ1) is 13.5. The van der Waals surface area contributed by atoms with Gasteiger partial charge in [0, 0.05) is 11.6 Å². The lowest BCUT2D eigenvalue weighted by atomic mass is 9.98. The van der Waals surface area contributed by atoms with Crippen LogP contribution in [0.15, 0.2) is 16.9 Å². The molecule has 110 valence electrons. The standard InChI is InChI=1S/C14H16N4O3/c1-2-20-12-7-11(15-8-16-12)13(19)17-14-9-5-3-4-6-10(9)18-21-14/h7-8H,2-6H2,1H3,(H,17,19). The summed E-state index contributed by atoms with van der Waals surface area (Å²) in [5, 5.41) is 6.73. The molecule has 1 aliphatic carbocycles. The minimum atomic E-state index is -0.358. The second-order valence-corrected chi connectivity index (χ2v) is 4.77. The number of aryl methyl sites for hydroxylation is 1. The van der Waals surface area contributed by atoms with E-state index >= 15 is 0 Å². The van der Waals surface area contributed by atoms with E-state index in [1.54, 1.807) is 0 Å². The summed E-state index contributed by atoms with van der Waals surface area (Å²) in [7, 11) is 0. The molecule has 0 atom stereocenters. The number of hydrogen-bond donors (Lipinski definition) is 1. The number of carbonyl (C=O) groups is 1. The molecule has 2 aromatic rings. The Labute approximate surface area is 121 Å². The molecule has 0 saturated heterocycles. The highest BCUT2D eigenvalue weighted by Crippen LogP contribution is 2.27. The van der Waals surface area contributed by atoms with Crippen molar-refractivity contribution in [3.8, 4) is 5.88 Å². The third kappa shape index (κ3) is 2.86. The fourth-order valence-electron chi connectivity index (χ4n) is 2.35. The maximum atomic E-state index is 12.2. The number of nitrogens with zero attached hydrogens (tertiary/aromatic N) is 3. The average molecular weight is 288 g/mol. The van der Waals surface area contributed by atoms with Crippen molar-refractivity contribution in [3.63, 3.8) is 0 Å². The van der Waals surface area contributed by atoms with Gasteiger partial charge in [0.1, 0.15) is 12.0 Å². The average Bonchev–Trinajstić information content (AvgIpc) is 2.91. The third-order valence-electron chi connectivity index (χ3n) is 3.35. The van der Waals surface area contributed by atoms with E-state index in [-0.39, 0.29) is 11.6 Å². The van der Waals surface area contributed by atoms with Crippen LogP contribution in [-0.2, 0) is 12.8 Å². The number of rotatable bonds is 4. The van der Waals surface area contributed by atoms with Crippen molar-refractivity contribution >= 4 is 11.8 Å². The molecule has 1 aliphatic rings. The number of amides is 1. The van der Waals surface area contributed by atoms with E-state index in [0.29, 0.717) is 18.4 Å². The molecule has 0 radical (unpaired) electrons. The summed E-state index contributed by atoms with van der Waals surface area (Å²) in [4.78, 5) is 20.1. The fraction of sp³-hybridized carbons (Fsp3) is 0.429. The molecule has 0 aromatic carbocycles. The van der Waals surface area contributed by atoms with Crippen molar-refractivity contribution < 1.29 is 14.1 Å². The molecular formula is C14H16N4O3. The Morgan fingerprint density at radius 1 is 1.38 bits per heavy atom. The van der Waals surface area contributed by atoms with Gasteiger partial charge in [-0.25, -0.2) is 9.97 Å². The molecule has 2 heterocycles. The maximum absolute atomic E-state index is 12.2. The van der Waals surface area contributed by atoms with Gasteiger partial charge in [-0.1, -0.05) is 5.16 Å². The van der Waals surface area contributed by atoms with Gasteiger partial charge in [-0.05, 0) is 32.6 Å². The normalized spacial score (nSPS) is 13.6. The van der Waals surface area contributed by atoms with Crippen LogP contribution in [0.3, 0.4) is 0 Å². The highest BCUT2D eigenvalue weighted by Gasteiger charge is 2.21. The van der Waals surface area contributed by atoms with Gasteiger partial charge < -0.3 is 9.26 Å². The maximum Gasteiger partial charge on any atom is 0.276 e. The van der Waals surface area contributed by atoms with Crippen LogP contribution in [0.5, 0.6) is 5.88 Å². The van der Waals surface area contributed by atoms with Crippen LogP contribution in [-0.4, -0.2) is 27.6 Å². The lowest BCUT2D eigenvalue weighted by molar-refractivity contribution is 0.101. The molecule has 3 rings (SSSR count). The van der Waals surface area contributed by atoms with Gasteiger partial charge in [-0.2, -0.15) is 0 Å². The second kappa shape index (κ2) is 5.90. The number of anilines is 1. The molecule has 1 N–H and O–H groups in total. The summed E-state index contributed by atoms with van der Waals surface area (Å²) in [6.07, 6.45) is 5.27. The van der Waals surface area contributed by atoms with Crippen molar-refractivity contribution in [2.45, 2.75) is 32.6 Å². The first-order valence-electron chi connectivity index (χ1n) is 7.01. The van der Waals surface area contributed by atoms with Crippen LogP contribution in [0.1, 0.15) is 41.5 Å². The monoisotopic (exact) mass is 288 g/mol. The van der Waals surface area contributed by atoms with E-state index in [4.69, 9.17) is 9.26 Å². The minimum Gasteiger partial charge on any atom is -0.478 e. The van der Waals surface area contributed by atoms with E-state index in [0.717, 1.165) is 36.9 Å². The smallest absolute Gasteiger partial charge is 0.276 e. The predicted molar refractivity (Wildman–Crippen MR) is 74.3 cm³/mol. The van der Waals surface area contributed by atoms with Gasteiger partial charge in [0.25, 0.3) is 5.91 Å². The minimum absolute atomic E-state index is 0.231. The zero-order valence-electron chi connectivity index (χ0n) is 11.8. The van der Waals surface area contributed by atoms with Crippen LogP contribution in [0.4, 0.5) is 5.88 Å². The van der Waals surface area contributed by atoms with Gasteiger partial charge in [0.2, 0.25) is 11.8 Å². The molecule has 0 aliphatic heterocycles. The van der Waals surface area contributed by atoms with Crippen molar-refractivity contribution in [1.82, 2.24) is 15.1 Å². The lowest BCUT2D eigenvalue weighted by Crippen LogP contribution is -2.15. The van der Waals surface area contributed by atoms with Crippen molar-refractivity contribution in [1.29, 1.82) is 0 Å². The summed E-state index contributed by atoms with van der Waals surface area (Å²) >= 11 is 0. The molecule has 21 heavy (non-hydrogen) atoms. The predicted octanol–water partition coefficient (Wildman–Crippen LogP) is 1.99. The van der Waals surface area contributed by atoms with E-state index < -0.39 is 0 Å². The SMILES string of the molecule is CCOc1cc(C(=O)Nc2onc3c2CCCC3)ncn1. The van der Waals surface area contributed by atoms with Gasteiger partial charge in [0.05, 0.1) is 12.3 Å². The Morgan fingerprint density at radius 3 is 3.10 bits per heavy atom. The van der Waals surface area contributed by atoms with Gasteiger partial charge in [-0.15, -0.1) is 0 Å². The number of aromatic nitrogens is 3. The first-order chi connectivity index (χ1) is 10.3. The van der Waals surface area contributed by atoms with Gasteiger partial charge >= 0.3 is 0 Å². The van der Waals surface area contributed by atoms with Crippen LogP contribution < -0.4 is 10.1 Å². The fourth-order valence-corrected chi connectivity index (χ4v) is 2.35. The molecule has 0 fully saturated rings. The van der Waals surface area contributed by atoms with E-state index in [9.17, 15) is 4.79 Å². The summed E-state index contributed by atoms with van der Waals surface area (Å²) in [6.45, 7) is 2.33. The quantitative estimate of drug-likeness (QED) is 0.925. The summed E-state index contributed by atoms with van der Waals surface area (Å²) in [5.74, 6) is 0.436. The van der Waals surface area contributed by atoms with Crippen molar-refractivity contribution in [2.75, 3.05) is 11.9 Å². The third-order valence-corrected chi connectivity index (χ3v) is 3.35. The van der Waals surface area contributed by atoms with E-state index in [1.807, 2.05) is 6.92 Å². The van der Waals surface area contributed by atoms with Gasteiger partial charge in [0.15, 0.2) is 0 Å². The van der Waals surface area contributed by atoms with Crippen LogP contribution in [0.2, 0.25) is 0 Å². The number of nitrogens with one attached hydrogen (secondary N) is 1. The highest BCUT2D eigenvalue weighted by atomic mass is 16.5. The van der Waals surface area contributed by atoms with E-state index in [2.05, 4.69) is 20.4 Å². The zero-order chi connectivity index (χ0) is 14.7. The lowest BCUT2D eigenvalue weighted by Gasteiger charge is -2.09. The first-order valence-corrected chi connectivity index (χ1v) is 7.01. The number of hydrogen-bond acceptors (Lipinski definition) is 6. The number of fused-ring (bicyclic) bond motifs is 1. The molecule has 0 bridgehead atoms. The Bertz CT molecular complexity index is 653. The molecular weight excluding hydrogens is 272 g/mol. The Balaban J connectivity index is 1.77. The Kier molecular flexibility index (Phi) is 3.81. The topological polar surface area (TPSA) is 90.1 Å². The number of carbonyl (C=O) groups excluding carboxylic acids is 1. The van der Waals surface area contributed by atoms with Crippen molar-refractivity contribution in [2.24, 2.45) is 0 Å². The van der Waals surface area contributed by atoms with Crippen molar-refractivity contribution in [3.05, 3.63) is 29.3 Å². The van der Waals surface area contributed by atoms with Crippen LogP contribution in [0.25, 0.3) is 0 Å². The Morgan fingerprint density at radius 2 is 2.24 bits per heavy atom. The Hall–Kier alpha value is -2.44. The molecule has 0 saturated carbocycles. The second-order valence-electron chi connectivity index (χ2n) is 4.77. The van der Waals surface area contributed by atoms with E-state index in [1.165, 1.54) is 12.4 Å². The zero-order valence-corrected chi connectivity index (χ0v) is 11.8. The number of ether oxygens (including phenoxy) is 1. The molecule has 0 unspecified atom stereocenters. The van der Waals surface area contributed by atoms with Crippen LogP contribution >= 0.6 is 0 Å². The largest absolute Gasteiger partial charge is 0.478 e. The molecule has 1 amide bonds. The molecule has 7 nitrogen and oxygen atoms in total. The van der Waals surface area contributed by atoms with Crippen LogP contribution in [0, 0.1) is 0 Å². The summed E-state index contributed by atoms with van der Waals surface area (Å²) in [5.41, 5.74) is 2.16.